The molecule has 9 heteroatoms. The molecular weight excluding hydrogens is 441 g/mol. The Kier molecular flexibility index (Phi) is 7.56. The van der Waals surface area contributed by atoms with Crippen LogP contribution in [0.15, 0.2) is 24.3 Å². The molecule has 0 aromatic heterocycles. The zero-order chi connectivity index (χ0) is 23.5. The molecule has 3 rings (SSSR count). The summed E-state index contributed by atoms with van der Waals surface area (Å²) in [5, 5.41) is 0. The number of hydrogen-bond acceptors (Lipinski definition) is 2. The van der Waals surface area contributed by atoms with Crippen LogP contribution in [0.1, 0.15) is 51.0 Å². The van der Waals surface area contributed by atoms with Crippen molar-refractivity contribution in [2.45, 2.75) is 58.2 Å². The summed E-state index contributed by atoms with van der Waals surface area (Å²) < 4.78 is 107. The monoisotopic (exact) mass is 464 g/mol. The van der Waals surface area contributed by atoms with Crippen LogP contribution < -0.4 is 9.47 Å². The summed E-state index contributed by atoms with van der Waals surface area (Å²) >= 11 is 0. The van der Waals surface area contributed by atoms with E-state index in [1.165, 1.54) is 0 Å². The molecule has 0 unspecified atom stereocenters. The number of alkyl halides is 2. The summed E-state index contributed by atoms with van der Waals surface area (Å²) in [4.78, 5) is 0. The van der Waals surface area contributed by atoms with E-state index in [0.29, 0.717) is 30.9 Å². The highest BCUT2D eigenvalue weighted by Crippen LogP contribution is 2.42. The van der Waals surface area contributed by atoms with Gasteiger partial charge in [-0.05, 0) is 61.4 Å². The molecule has 1 aliphatic carbocycles. The molecule has 2 nitrogen and oxygen atoms in total. The van der Waals surface area contributed by atoms with Gasteiger partial charge < -0.3 is 9.47 Å². The Morgan fingerprint density at radius 3 is 2.00 bits per heavy atom. The predicted molar refractivity (Wildman–Crippen MR) is 103 cm³/mol. The third-order valence-electron chi connectivity index (χ3n) is 5.71. The summed E-state index contributed by atoms with van der Waals surface area (Å²) in [6.07, 6.45) is -0.00135. The molecule has 1 aliphatic rings. The standard InChI is InChI=1S/C23H23F7O2/c1-2-3-13-4-6-15(7-5-13)23(29,30)32-19-9-8-18(21(27)22(19)28)31-12-14-10-16(24)20(26)17(25)11-14/h8-11,13,15H,2-7,12H2,1H3. The first kappa shape index (κ1) is 24.2. The minimum atomic E-state index is -3.67. The summed E-state index contributed by atoms with van der Waals surface area (Å²) in [6.45, 7) is 1.42. The van der Waals surface area contributed by atoms with E-state index in [0.717, 1.165) is 25.0 Å². The smallest absolute Gasteiger partial charge is 0.400 e. The average molecular weight is 464 g/mol. The van der Waals surface area contributed by atoms with Crippen molar-refractivity contribution in [1.82, 2.24) is 0 Å². The van der Waals surface area contributed by atoms with Crippen LogP contribution in [-0.4, -0.2) is 6.11 Å². The number of benzene rings is 2. The Bertz CT molecular complexity index is 917. The molecule has 1 fully saturated rings. The lowest BCUT2D eigenvalue weighted by Gasteiger charge is -2.33. The zero-order valence-electron chi connectivity index (χ0n) is 17.4. The lowest BCUT2D eigenvalue weighted by Crippen LogP contribution is -2.37. The van der Waals surface area contributed by atoms with Gasteiger partial charge in [0.15, 0.2) is 29.0 Å². The molecule has 2 aromatic rings. The van der Waals surface area contributed by atoms with Crippen molar-refractivity contribution in [2.75, 3.05) is 0 Å². The Morgan fingerprint density at radius 2 is 1.41 bits per heavy atom. The molecule has 0 atom stereocenters. The van der Waals surface area contributed by atoms with E-state index >= 15 is 0 Å². The summed E-state index contributed by atoms with van der Waals surface area (Å²) in [7, 11) is 0. The van der Waals surface area contributed by atoms with Crippen molar-refractivity contribution >= 4 is 0 Å². The van der Waals surface area contributed by atoms with Crippen molar-refractivity contribution < 1.29 is 40.2 Å². The van der Waals surface area contributed by atoms with Crippen molar-refractivity contribution in [2.24, 2.45) is 11.8 Å². The maximum absolute atomic E-state index is 14.6. The highest BCUT2D eigenvalue weighted by Gasteiger charge is 2.44. The van der Waals surface area contributed by atoms with Gasteiger partial charge in [0.25, 0.3) is 0 Å². The molecule has 0 saturated heterocycles. The molecule has 0 N–H and O–H groups in total. The third-order valence-corrected chi connectivity index (χ3v) is 5.71. The fraction of sp³-hybridized carbons (Fsp3) is 0.478. The van der Waals surface area contributed by atoms with E-state index in [-0.39, 0.29) is 18.4 Å². The van der Waals surface area contributed by atoms with E-state index in [2.05, 4.69) is 4.74 Å². The van der Waals surface area contributed by atoms with E-state index in [9.17, 15) is 30.7 Å². The van der Waals surface area contributed by atoms with E-state index in [1.54, 1.807) is 0 Å². The summed E-state index contributed by atoms with van der Waals surface area (Å²) in [6, 6.07) is 2.95. The first-order chi connectivity index (χ1) is 15.1. The minimum absolute atomic E-state index is 0.174. The summed E-state index contributed by atoms with van der Waals surface area (Å²) in [5.74, 6) is -10.2. The summed E-state index contributed by atoms with van der Waals surface area (Å²) in [5.41, 5.74) is -0.174. The van der Waals surface area contributed by atoms with Gasteiger partial charge in [-0.2, -0.15) is 17.6 Å². The molecule has 176 valence electrons. The molecule has 0 bridgehead atoms. The maximum atomic E-state index is 14.6. The topological polar surface area (TPSA) is 18.5 Å². The maximum Gasteiger partial charge on any atom is 0.400 e. The molecule has 32 heavy (non-hydrogen) atoms. The van der Waals surface area contributed by atoms with Crippen molar-refractivity contribution in [3.63, 3.8) is 0 Å². The van der Waals surface area contributed by atoms with Gasteiger partial charge >= 0.3 is 6.11 Å². The van der Waals surface area contributed by atoms with Gasteiger partial charge in [0.05, 0.1) is 5.92 Å². The second-order valence-electron chi connectivity index (χ2n) is 8.02. The molecule has 0 spiro atoms. The van der Waals surface area contributed by atoms with Crippen LogP contribution in [0.2, 0.25) is 0 Å². The quantitative estimate of drug-likeness (QED) is 0.297. The van der Waals surface area contributed by atoms with Gasteiger partial charge in [0, 0.05) is 0 Å². The predicted octanol–water partition coefficient (Wildman–Crippen LogP) is 7.54. The number of hydrogen-bond donors (Lipinski definition) is 0. The molecule has 1 saturated carbocycles. The van der Waals surface area contributed by atoms with E-state index in [1.807, 2.05) is 6.92 Å². The highest BCUT2D eigenvalue weighted by atomic mass is 19.3. The average Bonchev–Trinajstić information content (AvgIpc) is 2.75. The lowest BCUT2D eigenvalue weighted by atomic mass is 9.79. The highest BCUT2D eigenvalue weighted by molar-refractivity contribution is 5.35. The number of rotatable bonds is 8. The van der Waals surface area contributed by atoms with Crippen LogP contribution in [0, 0.1) is 40.9 Å². The molecular formula is C23H23F7O2. The largest absolute Gasteiger partial charge is 0.486 e. The van der Waals surface area contributed by atoms with E-state index < -0.39 is 59.2 Å². The van der Waals surface area contributed by atoms with Crippen LogP contribution in [0.25, 0.3) is 0 Å². The third kappa shape index (κ3) is 5.48. The van der Waals surface area contributed by atoms with Crippen molar-refractivity contribution in [3.05, 3.63) is 58.9 Å². The first-order valence-corrected chi connectivity index (χ1v) is 10.4. The second kappa shape index (κ2) is 10.0. The van der Waals surface area contributed by atoms with Crippen molar-refractivity contribution in [3.8, 4) is 11.5 Å². The number of halogens is 7. The molecule has 0 radical (unpaired) electrons. The van der Waals surface area contributed by atoms with Gasteiger partial charge in [0.1, 0.15) is 6.61 Å². The molecule has 0 amide bonds. The normalized spacial score (nSPS) is 19.1. The fourth-order valence-corrected chi connectivity index (χ4v) is 3.98. The lowest BCUT2D eigenvalue weighted by molar-refractivity contribution is -0.224. The Balaban J connectivity index is 1.66. The zero-order valence-corrected chi connectivity index (χ0v) is 17.4. The van der Waals surface area contributed by atoms with Crippen LogP contribution in [0.3, 0.4) is 0 Å². The van der Waals surface area contributed by atoms with Crippen LogP contribution in [-0.2, 0) is 6.61 Å². The molecule has 0 aliphatic heterocycles. The van der Waals surface area contributed by atoms with Crippen LogP contribution in [0.5, 0.6) is 11.5 Å². The Hall–Kier alpha value is -2.45. The SMILES string of the molecule is CCCC1CCC(C(F)(F)Oc2ccc(OCc3cc(F)c(F)c(F)c3)c(F)c2F)CC1. The first-order valence-electron chi connectivity index (χ1n) is 10.4. The van der Waals surface area contributed by atoms with Gasteiger partial charge in [-0.1, -0.05) is 19.8 Å². The van der Waals surface area contributed by atoms with Gasteiger partial charge in [-0.15, -0.1) is 0 Å². The molecule has 0 heterocycles. The van der Waals surface area contributed by atoms with Gasteiger partial charge in [0.2, 0.25) is 11.6 Å². The molecule has 2 aromatic carbocycles. The van der Waals surface area contributed by atoms with Crippen LogP contribution >= 0.6 is 0 Å². The van der Waals surface area contributed by atoms with Crippen molar-refractivity contribution in [1.29, 1.82) is 0 Å². The number of ether oxygens (including phenoxy) is 2. The Labute approximate surface area is 181 Å². The van der Waals surface area contributed by atoms with Gasteiger partial charge in [-0.25, -0.2) is 13.2 Å². The second-order valence-corrected chi connectivity index (χ2v) is 8.02. The fourth-order valence-electron chi connectivity index (χ4n) is 3.98. The minimum Gasteiger partial charge on any atom is -0.486 e. The van der Waals surface area contributed by atoms with Gasteiger partial charge in [-0.3, -0.25) is 0 Å². The van der Waals surface area contributed by atoms with E-state index in [4.69, 9.17) is 4.74 Å². The van der Waals surface area contributed by atoms with Crippen LogP contribution in [0.4, 0.5) is 30.7 Å². The Morgan fingerprint density at radius 1 is 0.844 bits per heavy atom.